The van der Waals surface area contributed by atoms with Gasteiger partial charge in [0.05, 0.1) is 54.6 Å². The second kappa shape index (κ2) is 20.3. The van der Waals surface area contributed by atoms with E-state index in [0.29, 0.717) is 25.9 Å². The standard InChI is InChI=1S/C47H71N3O10/c1-13-39-47(10,54)43-33(7)50(26-29(3)27-56-43)25-28(2)23-46(9,53)42(60-45-41(58-34(8)51)38(49(11)12)21-30(4)57-45)31(5)40(32(6)44(52)59-39)55-20-16-17-35-22-36-18-14-15-19-37(36)48-24-35/h14-19,22,24,28,30-33,38-43,45,53-54H,3,13,20-21,23,25-27H2,1-2,4-12H3/b17-16+/t28-,30-,31+,32-,33-,38+,39-,40+,41-,42-,43+,45+,46-,47-/m1/s1. The molecule has 15 atom stereocenters. The van der Waals surface area contributed by atoms with Gasteiger partial charge in [-0.05, 0) is 97.2 Å². The van der Waals surface area contributed by atoms with Crippen LogP contribution in [0.4, 0.5) is 0 Å². The van der Waals surface area contributed by atoms with E-state index in [1.807, 2.05) is 89.2 Å². The predicted octanol–water partition coefficient (Wildman–Crippen LogP) is 5.80. The fraction of sp³-hybridized carbons (Fsp3) is 0.681. The zero-order valence-corrected chi connectivity index (χ0v) is 37.7. The third kappa shape index (κ3) is 11.4. The predicted molar refractivity (Wildman–Crippen MR) is 231 cm³/mol. The van der Waals surface area contributed by atoms with E-state index in [-0.39, 0.29) is 43.7 Å². The highest BCUT2D eigenvalue weighted by molar-refractivity contribution is 5.80. The van der Waals surface area contributed by atoms with Crippen LogP contribution < -0.4 is 0 Å². The van der Waals surface area contributed by atoms with Gasteiger partial charge in [0.25, 0.3) is 0 Å². The summed E-state index contributed by atoms with van der Waals surface area (Å²) in [6, 6.07) is 9.41. The summed E-state index contributed by atoms with van der Waals surface area (Å²) in [6.07, 6.45) is 1.22. The second-order valence-electron chi connectivity index (χ2n) is 18.4. The van der Waals surface area contributed by atoms with E-state index in [0.717, 1.165) is 22.0 Å². The van der Waals surface area contributed by atoms with E-state index < -0.39 is 71.8 Å². The number of likely N-dealkylation sites (N-methyl/N-ethyl adjacent to an activating group) is 1. The first-order chi connectivity index (χ1) is 28.2. The smallest absolute Gasteiger partial charge is 0.311 e. The lowest BCUT2D eigenvalue weighted by atomic mass is 9.77. The van der Waals surface area contributed by atoms with E-state index in [2.05, 4.69) is 23.4 Å². The Hall–Kier alpha value is -3.27. The number of hydrogen-bond donors (Lipinski definition) is 2. The Labute approximate surface area is 357 Å². The number of nitrogens with zero attached hydrogens (tertiary/aromatic N) is 3. The van der Waals surface area contributed by atoms with Crippen LogP contribution in [0.5, 0.6) is 0 Å². The molecule has 1 unspecified atom stereocenters. The van der Waals surface area contributed by atoms with Crippen LogP contribution in [-0.2, 0) is 38.0 Å². The molecule has 0 amide bonds. The molecule has 2 N–H and O–H groups in total. The van der Waals surface area contributed by atoms with Crippen molar-refractivity contribution in [1.29, 1.82) is 0 Å². The highest BCUT2D eigenvalue weighted by Crippen LogP contribution is 2.39. The van der Waals surface area contributed by atoms with E-state index in [1.54, 1.807) is 27.0 Å². The van der Waals surface area contributed by atoms with Gasteiger partial charge in [0.1, 0.15) is 17.8 Å². The fourth-order valence-corrected chi connectivity index (χ4v) is 9.76. The van der Waals surface area contributed by atoms with E-state index in [1.165, 1.54) is 6.92 Å². The molecule has 2 aromatic rings. The van der Waals surface area contributed by atoms with Gasteiger partial charge in [0.2, 0.25) is 0 Å². The maximum absolute atomic E-state index is 14.5. The number of esters is 2. The van der Waals surface area contributed by atoms with Crippen LogP contribution in [0.3, 0.4) is 0 Å². The number of carbonyl (C=O) groups excluding carboxylic acids is 2. The fourth-order valence-electron chi connectivity index (χ4n) is 9.76. The van der Waals surface area contributed by atoms with Gasteiger partial charge in [0.15, 0.2) is 12.4 Å². The minimum absolute atomic E-state index is 0.0949. The highest BCUT2D eigenvalue weighted by atomic mass is 16.7. The normalized spacial score (nSPS) is 38.9. The Bertz CT molecular complexity index is 1800. The van der Waals surface area contributed by atoms with Crippen molar-refractivity contribution in [3.63, 3.8) is 0 Å². The molecule has 0 saturated carbocycles. The number of rotatable bonds is 9. The van der Waals surface area contributed by atoms with Gasteiger partial charge < -0.3 is 43.5 Å². The number of carbonyl (C=O) groups is 2. The van der Waals surface area contributed by atoms with E-state index >= 15 is 0 Å². The lowest BCUT2D eigenvalue weighted by molar-refractivity contribution is -0.302. The number of aliphatic hydroxyl groups is 2. The van der Waals surface area contributed by atoms with Crippen molar-refractivity contribution in [3.8, 4) is 0 Å². The van der Waals surface area contributed by atoms with Crippen molar-refractivity contribution in [2.24, 2.45) is 17.8 Å². The summed E-state index contributed by atoms with van der Waals surface area (Å²) >= 11 is 0. The molecule has 0 spiro atoms. The molecule has 60 heavy (non-hydrogen) atoms. The Morgan fingerprint density at radius 2 is 1.83 bits per heavy atom. The van der Waals surface area contributed by atoms with Crippen molar-refractivity contribution >= 4 is 28.9 Å². The second-order valence-corrected chi connectivity index (χ2v) is 18.4. The molecule has 1 aromatic carbocycles. The molecule has 13 nitrogen and oxygen atoms in total. The molecule has 3 fully saturated rings. The van der Waals surface area contributed by atoms with Gasteiger partial charge in [-0.15, -0.1) is 0 Å². The van der Waals surface area contributed by atoms with Crippen LogP contribution in [0.15, 0.2) is 54.8 Å². The van der Waals surface area contributed by atoms with Gasteiger partial charge in [0, 0.05) is 43.6 Å². The molecular weight excluding hydrogens is 767 g/mol. The van der Waals surface area contributed by atoms with Crippen LogP contribution in [-0.4, -0.2) is 144 Å². The molecular formula is C47H71N3O10. The number of hydrogen-bond acceptors (Lipinski definition) is 13. The SMILES string of the molecule is C=C1CO[C@H]2[C@@H](C)N(C1)C[C@H](C)C[C@@](C)(O)[C@H](O[C@@H]1O[C@H](C)C[C@H](N(C)C)[C@H]1OC(C)=O)[C@@H](C)[C@H](OC/C=C/c1cnc3ccccc3c1)[C@@H](C)C(=O)O[C@H](CC)[C@@]2(C)O. The largest absolute Gasteiger partial charge is 0.459 e. The average Bonchev–Trinajstić information content (AvgIpc) is 3.31. The van der Waals surface area contributed by atoms with Gasteiger partial charge >= 0.3 is 11.9 Å². The van der Waals surface area contributed by atoms with Crippen LogP contribution in [0.25, 0.3) is 17.0 Å². The van der Waals surface area contributed by atoms with Crippen LogP contribution >= 0.6 is 0 Å². The summed E-state index contributed by atoms with van der Waals surface area (Å²) in [7, 11) is 3.85. The maximum Gasteiger partial charge on any atom is 0.311 e. The third-order valence-electron chi connectivity index (χ3n) is 12.7. The average molecular weight is 838 g/mol. The zero-order chi connectivity index (χ0) is 44.1. The lowest BCUT2D eigenvalue weighted by Crippen LogP contribution is -2.60. The van der Waals surface area contributed by atoms with Crippen molar-refractivity contribution in [2.45, 2.75) is 148 Å². The summed E-state index contributed by atoms with van der Waals surface area (Å²) in [5.74, 6) is -2.69. The summed E-state index contributed by atoms with van der Waals surface area (Å²) in [5.41, 5.74) is -0.441. The summed E-state index contributed by atoms with van der Waals surface area (Å²) < 4.78 is 38.7. The first-order valence-electron chi connectivity index (χ1n) is 21.7. The topological polar surface area (TPSA) is 149 Å². The molecule has 3 saturated heterocycles. The third-order valence-corrected chi connectivity index (χ3v) is 12.7. The van der Waals surface area contributed by atoms with E-state index in [9.17, 15) is 19.8 Å². The Morgan fingerprint density at radius 3 is 2.52 bits per heavy atom. The number of pyridine rings is 1. The minimum atomic E-state index is -1.56. The van der Waals surface area contributed by atoms with Gasteiger partial charge in [-0.25, -0.2) is 0 Å². The molecule has 5 rings (SSSR count). The first kappa shape index (κ1) is 47.8. The van der Waals surface area contributed by atoms with Crippen LogP contribution in [0.1, 0.15) is 87.1 Å². The van der Waals surface area contributed by atoms with Gasteiger partial charge in [-0.3, -0.25) is 19.5 Å². The molecule has 13 heteroatoms. The number of aromatic nitrogens is 1. The number of cyclic esters (lactones) is 1. The zero-order valence-electron chi connectivity index (χ0n) is 37.7. The Kier molecular flexibility index (Phi) is 16.1. The molecule has 3 aliphatic rings. The molecule has 0 aliphatic carbocycles. The van der Waals surface area contributed by atoms with Crippen LogP contribution in [0.2, 0.25) is 0 Å². The van der Waals surface area contributed by atoms with Crippen molar-refractivity contribution in [2.75, 3.05) is 40.4 Å². The molecule has 2 bridgehead atoms. The Balaban J connectivity index is 1.57. The number of fused-ring (bicyclic) bond motifs is 3. The van der Waals surface area contributed by atoms with Crippen molar-refractivity contribution in [3.05, 3.63) is 60.3 Å². The molecule has 0 radical (unpaired) electrons. The number of benzene rings is 1. The van der Waals surface area contributed by atoms with Crippen molar-refractivity contribution < 1.29 is 48.2 Å². The van der Waals surface area contributed by atoms with Gasteiger partial charge in [-0.1, -0.05) is 57.7 Å². The van der Waals surface area contributed by atoms with E-state index in [4.69, 9.17) is 28.4 Å². The molecule has 334 valence electrons. The monoisotopic (exact) mass is 838 g/mol. The van der Waals surface area contributed by atoms with Gasteiger partial charge in [-0.2, -0.15) is 0 Å². The first-order valence-corrected chi connectivity index (χ1v) is 21.7. The summed E-state index contributed by atoms with van der Waals surface area (Å²) in [4.78, 5) is 35.8. The Morgan fingerprint density at radius 1 is 1.12 bits per heavy atom. The molecule has 3 aliphatic heterocycles. The lowest BCUT2D eigenvalue weighted by Gasteiger charge is -2.48. The van der Waals surface area contributed by atoms with Crippen molar-refractivity contribution in [1.82, 2.24) is 14.8 Å². The quantitative estimate of drug-likeness (QED) is 0.232. The molecule has 4 heterocycles. The molecule has 1 aromatic heterocycles. The minimum Gasteiger partial charge on any atom is -0.459 e. The summed E-state index contributed by atoms with van der Waals surface area (Å²) in [5, 5.41) is 26.1. The number of para-hydroxylation sites is 1. The maximum atomic E-state index is 14.5. The van der Waals surface area contributed by atoms with Crippen LogP contribution in [0, 0.1) is 17.8 Å². The number of ether oxygens (including phenoxy) is 6. The summed E-state index contributed by atoms with van der Waals surface area (Å²) in [6.45, 7) is 22.0. The highest BCUT2D eigenvalue weighted by Gasteiger charge is 2.52.